The van der Waals surface area contributed by atoms with Gasteiger partial charge in [-0.05, 0) is 6.92 Å². The predicted molar refractivity (Wildman–Crippen MR) is 71.6 cm³/mol. The van der Waals surface area contributed by atoms with Gasteiger partial charge in [0.15, 0.2) is 5.82 Å². The molecule has 8 nitrogen and oxygen atoms in total. The Kier molecular flexibility index (Phi) is 5.08. The number of rotatable bonds is 6. The number of aromatic nitrogens is 2. The molecule has 1 heterocycles. The maximum absolute atomic E-state index is 12.6. The lowest BCUT2D eigenvalue weighted by molar-refractivity contribution is 0.424. The van der Waals surface area contributed by atoms with Gasteiger partial charge >= 0.3 is 0 Å². The van der Waals surface area contributed by atoms with E-state index in [-0.39, 0.29) is 36.6 Å². The summed E-state index contributed by atoms with van der Waals surface area (Å²) in [6, 6.07) is 3.78. The van der Waals surface area contributed by atoms with Gasteiger partial charge in [-0.3, -0.25) is 4.68 Å². The summed E-state index contributed by atoms with van der Waals surface area (Å²) in [4.78, 5) is -0.0594. The van der Waals surface area contributed by atoms with Crippen LogP contribution in [-0.2, 0) is 17.1 Å². The van der Waals surface area contributed by atoms with Gasteiger partial charge in [0.1, 0.15) is 4.90 Å². The first-order chi connectivity index (χ1) is 9.36. The van der Waals surface area contributed by atoms with Crippen LogP contribution in [0, 0.1) is 29.6 Å². The van der Waals surface area contributed by atoms with Crippen LogP contribution in [0.5, 0.6) is 0 Å². The van der Waals surface area contributed by atoms with Crippen LogP contribution in [0.15, 0.2) is 4.90 Å². The SMILES string of the molecule is Cc1c(S(=O)(=O)N(CCC#N)CCC#N)c(N)nn1C. The largest absolute Gasteiger partial charge is 0.381 e. The number of nitriles is 2. The van der Waals surface area contributed by atoms with E-state index < -0.39 is 10.0 Å². The van der Waals surface area contributed by atoms with E-state index in [4.69, 9.17) is 16.3 Å². The zero-order chi connectivity index (χ0) is 15.3. The third kappa shape index (κ3) is 3.07. The Labute approximate surface area is 118 Å². The van der Waals surface area contributed by atoms with Gasteiger partial charge in [0.2, 0.25) is 10.0 Å². The molecule has 0 saturated heterocycles. The summed E-state index contributed by atoms with van der Waals surface area (Å²) >= 11 is 0. The summed E-state index contributed by atoms with van der Waals surface area (Å²) in [5.41, 5.74) is 6.07. The average Bonchev–Trinajstić information content (AvgIpc) is 2.63. The van der Waals surface area contributed by atoms with Gasteiger partial charge in [-0.1, -0.05) is 0 Å². The molecule has 0 atom stereocenters. The minimum Gasteiger partial charge on any atom is -0.381 e. The van der Waals surface area contributed by atoms with Crippen LogP contribution in [0.1, 0.15) is 18.5 Å². The summed E-state index contributed by atoms with van der Waals surface area (Å²) in [5, 5.41) is 21.1. The van der Waals surface area contributed by atoms with Crippen molar-refractivity contribution < 1.29 is 8.42 Å². The Morgan fingerprint density at radius 3 is 2.15 bits per heavy atom. The molecule has 0 amide bonds. The standard InChI is InChI=1S/C11H16N6O2S/c1-9-10(11(14)15-16(9)2)20(18,19)17(7-3-5-12)8-4-6-13/h3-4,7-8H2,1-2H3,(H2,14,15). The van der Waals surface area contributed by atoms with Gasteiger partial charge in [-0.2, -0.15) is 19.9 Å². The molecule has 0 spiro atoms. The molecule has 1 aromatic rings. The number of nitrogens with zero attached hydrogens (tertiary/aromatic N) is 5. The molecule has 0 fully saturated rings. The lowest BCUT2D eigenvalue weighted by Gasteiger charge is -2.19. The van der Waals surface area contributed by atoms with E-state index in [0.29, 0.717) is 5.69 Å². The van der Waals surface area contributed by atoms with E-state index in [9.17, 15) is 8.42 Å². The summed E-state index contributed by atoms with van der Waals surface area (Å²) < 4.78 is 27.6. The van der Waals surface area contributed by atoms with Gasteiger partial charge in [0.25, 0.3) is 0 Å². The number of hydrogen-bond donors (Lipinski definition) is 1. The second kappa shape index (κ2) is 6.37. The van der Waals surface area contributed by atoms with E-state index in [2.05, 4.69) is 5.10 Å². The fourth-order valence-corrected chi connectivity index (χ4v) is 3.50. The molecule has 9 heteroatoms. The van der Waals surface area contributed by atoms with Crippen molar-refractivity contribution in [1.82, 2.24) is 14.1 Å². The minimum absolute atomic E-state index is 0.0221. The van der Waals surface area contributed by atoms with Gasteiger partial charge in [0, 0.05) is 33.0 Å². The Bertz CT molecular complexity index is 646. The first kappa shape index (κ1) is 16.0. The molecule has 0 aliphatic rings. The lowest BCUT2D eigenvalue weighted by Crippen LogP contribution is -2.33. The highest BCUT2D eigenvalue weighted by Gasteiger charge is 2.30. The average molecular weight is 296 g/mol. The zero-order valence-electron chi connectivity index (χ0n) is 11.4. The molecule has 2 N–H and O–H groups in total. The predicted octanol–water partition coefficient (Wildman–Crippen LogP) is 0.129. The summed E-state index contributed by atoms with van der Waals surface area (Å²) in [6.07, 6.45) is 0.0910. The summed E-state index contributed by atoms with van der Waals surface area (Å²) in [6.45, 7) is 1.64. The van der Waals surface area contributed by atoms with Crippen LogP contribution in [0.25, 0.3) is 0 Å². The van der Waals surface area contributed by atoms with Crippen LogP contribution in [-0.4, -0.2) is 35.6 Å². The summed E-state index contributed by atoms with van der Waals surface area (Å²) in [5.74, 6) is -0.0797. The molecule has 1 rings (SSSR count). The van der Waals surface area contributed by atoms with Gasteiger partial charge in [-0.25, -0.2) is 8.42 Å². The third-order valence-corrected chi connectivity index (χ3v) is 4.91. The Morgan fingerprint density at radius 1 is 1.30 bits per heavy atom. The highest BCUT2D eigenvalue weighted by molar-refractivity contribution is 7.89. The second-order valence-electron chi connectivity index (χ2n) is 4.14. The first-order valence-corrected chi connectivity index (χ1v) is 7.33. The monoisotopic (exact) mass is 296 g/mol. The molecular formula is C11H16N6O2S. The van der Waals surface area contributed by atoms with Crippen molar-refractivity contribution >= 4 is 15.8 Å². The molecular weight excluding hydrogens is 280 g/mol. The molecule has 108 valence electrons. The van der Waals surface area contributed by atoms with Gasteiger partial charge in [0.05, 0.1) is 17.8 Å². The van der Waals surface area contributed by atoms with Crippen molar-refractivity contribution in [3.63, 3.8) is 0 Å². The highest BCUT2D eigenvalue weighted by Crippen LogP contribution is 2.25. The molecule has 0 unspecified atom stereocenters. The van der Waals surface area contributed by atoms with E-state index in [1.165, 1.54) is 4.68 Å². The van der Waals surface area contributed by atoms with Crippen LogP contribution in [0.4, 0.5) is 5.82 Å². The highest BCUT2D eigenvalue weighted by atomic mass is 32.2. The third-order valence-electron chi connectivity index (χ3n) is 2.85. The molecule has 0 aliphatic heterocycles. The lowest BCUT2D eigenvalue weighted by atomic mass is 10.4. The number of nitrogen functional groups attached to an aromatic ring is 1. The number of anilines is 1. The second-order valence-corrected chi connectivity index (χ2v) is 6.02. The zero-order valence-corrected chi connectivity index (χ0v) is 12.2. The normalized spacial score (nSPS) is 11.2. The van der Waals surface area contributed by atoms with Gasteiger partial charge < -0.3 is 5.73 Å². The van der Waals surface area contributed by atoms with Crippen molar-refractivity contribution in [1.29, 1.82) is 10.5 Å². The van der Waals surface area contributed by atoms with Crippen LogP contribution < -0.4 is 5.73 Å². The molecule has 0 aromatic carbocycles. The number of aryl methyl sites for hydroxylation is 1. The van der Waals surface area contributed by atoms with Crippen LogP contribution in [0.3, 0.4) is 0 Å². The molecule has 0 aliphatic carbocycles. The van der Waals surface area contributed by atoms with Crippen molar-refractivity contribution in [3.8, 4) is 12.1 Å². The maximum Gasteiger partial charge on any atom is 0.248 e. The first-order valence-electron chi connectivity index (χ1n) is 5.89. The molecule has 20 heavy (non-hydrogen) atoms. The Balaban J connectivity index is 3.22. The van der Waals surface area contributed by atoms with Crippen molar-refractivity contribution in [3.05, 3.63) is 5.69 Å². The Morgan fingerprint density at radius 2 is 1.80 bits per heavy atom. The topological polar surface area (TPSA) is 129 Å². The fraction of sp³-hybridized carbons (Fsp3) is 0.545. The maximum atomic E-state index is 12.6. The molecule has 0 saturated carbocycles. The van der Waals surface area contributed by atoms with E-state index in [1.807, 2.05) is 12.1 Å². The molecule has 0 bridgehead atoms. The molecule has 0 radical (unpaired) electrons. The van der Waals surface area contributed by atoms with Crippen LogP contribution >= 0.6 is 0 Å². The number of sulfonamides is 1. The number of hydrogen-bond acceptors (Lipinski definition) is 6. The number of nitrogens with two attached hydrogens (primary N) is 1. The fourth-order valence-electron chi connectivity index (χ4n) is 1.76. The Hall–Kier alpha value is -2.10. The van der Waals surface area contributed by atoms with E-state index in [0.717, 1.165) is 4.31 Å². The quantitative estimate of drug-likeness (QED) is 0.794. The van der Waals surface area contributed by atoms with Crippen LogP contribution in [0.2, 0.25) is 0 Å². The van der Waals surface area contributed by atoms with Crippen molar-refractivity contribution in [2.75, 3.05) is 18.8 Å². The van der Waals surface area contributed by atoms with Gasteiger partial charge in [-0.15, -0.1) is 0 Å². The summed E-state index contributed by atoms with van der Waals surface area (Å²) in [7, 11) is -2.27. The van der Waals surface area contributed by atoms with E-state index in [1.54, 1.807) is 14.0 Å². The smallest absolute Gasteiger partial charge is 0.248 e. The van der Waals surface area contributed by atoms with E-state index >= 15 is 0 Å². The minimum atomic E-state index is -3.86. The van der Waals surface area contributed by atoms with Crippen molar-refractivity contribution in [2.24, 2.45) is 7.05 Å². The van der Waals surface area contributed by atoms with Crippen molar-refractivity contribution in [2.45, 2.75) is 24.7 Å². The molecule has 1 aromatic heterocycles.